The molecular formula is C24H36O. The van der Waals surface area contributed by atoms with Gasteiger partial charge in [0, 0.05) is 5.92 Å². The summed E-state index contributed by atoms with van der Waals surface area (Å²) in [6.07, 6.45) is 12.5. The average Bonchev–Trinajstić information content (AvgIpc) is 2.93. The van der Waals surface area contributed by atoms with Crippen molar-refractivity contribution in [2.45, 2.75) is 85.2 Å². The highest BCUT2D eigenvalue weighted by Crippen LogP contribution is 2.67. The summed E-state index contributed by atoms with van der Waals surface area (Å²) in [7, 11) is 0. The van der Waals surface area contributed by atoms with Crippen LogP contribution in [-0.4, -0.2) is 11.2 Å². The molecule has 3 saturated carbocycles. The van der Waals surface area contributed by atoms with Crippen LogP contribution in [0.5, 0.6) is 0 Å². The molecule has 4 aliphatic rings. The molecule has 1 heteroatoms. The van der Waals surface area contributed by atoms with E-state index in [1.165, 1.54) is 38.5 Å². The zero-order valence-corrected chi connectivity index (χ0v) is 16.6. The molecule has 8 atom stereocenters. The van der Waals surface area contributed by atoms with Gasteiger partial charge in [-0.3, -0.25) is 0 Å². The van der Waals surface area contributed by atoms with Crippen LogP contribution in [0.2, 0.25) is 0 Å². The van der Waals surface area contributed by atoms with Gasteiger partial charge < -0.3 is 5.11 Å². The van der Waals surface area contributed by atoms with Gasteiger partial charge >= 0.3 is 0 Å². The van der Waals surface area contributed by atoms with Gasteiger partial charge in [-0.25, -0.2) is 0 Å². The van der Waals surface area contributed by atoms with Gasteiger partial charge in [0.25, 0.3) is 0 Å². The standard InChI is InChI=1S/C24H36O/c1-5-6-16(2)20-9-10-21-19-8-7-17-15-18(25)11-13-23(17,3)22(19)12-14-24(20,21)4/h7,16,18-22,25H,8-15H2,1-4H3/t16?,18?,19?,20?,21?,22?,23-,24+/m0/s1. The molecule has 138 valence electrons. The van der Waals surface area contributed by atoms with Crippen molar-refractivity contribution in [2.75, 3.05) is 0 Å². The van der Waals surface area contributed by atoms with Crippen LogP contribution in [0.1, 0.15) is 79.1 Å². The van der Waals surface area contributed by atoms with E-state index in [9.17, 15) is 5.11 Å². The molecule has 25 heavy (non-hydrogen) atoms. The minimum Gasteiger partial charge on any atom is -0.393 e. The second-order valence-corrected chi connectivity index (χ2v) is 10.1. The number of fused-ring (bicyclic) bond motifs is 5. The molecule has 6 unspecified atom stereocenters. The first-order valence-electron chi connectivity index (χ1n) is 10.7. The lowest BCUT2D eigenvalue weighted by Gasteiger charge is -2.58. The molecule has 0 bridgehead atoms. The second-order valence-electron chi connectivity index (χ2n) is 10.1. The Kier molecular flexibility index (Phi) is 4.35. The van der Waals surface area contributed by atoms with E-state index >= 15 is 0 Å². The third-order valence-corrected chi connectivity index (χ3v) is 9.13. The Hall–Kier alpha value is -0.740. The van der Waals surface area contributed by atoms with E-state index in [4.69, 9.17) is 0 Å². The van der Waals surface area contributed by atoms with E-state index in [0.29, 0.717) is 16.7 Å². The number of aliphatic hydroxyl groups is 1. The highest BCUT2D eigenvalue weighted by atomic mass is 16.3. The predicted octanol–water partition coefficient (Wildman–Crippen LogP) is 5.59. The average molecular weight is 341 g/mol. The molecule has 3 fully saturated rings. The summed E-state index contributed by atoms with van der Waals surface area (Å²) in [6.45, 7) is 9.49. The maximum absolute atomic E-state index is 10.1. The van der Waals surface area contributed by atoms with Gasteiger partial charge in [0.05, 0.1) is 6.10 Å². The first-order chi connectivity index (χ1) is 11.9. The lowest BCUT2D eigenvalue weighted by Crippen LogP contribution is -2.50. The Labute approximate surface area is 154 Å². The van der Waals surface area contributed by atoms with Crippen molar-refractivity contribution >= 4 is 0 Å². The monoisotopic (exact) mass is 340 g/mol. The summed E-state index contributed by atoms with van der Waals surface area (Å²) in [5, 5.41) is 10.1. The Bertz CT molecular complexity index is 622. The normalized spacial score (nSPS) is 49.8. The first kappa shape index (κ1) is 17.7. The Morgan fingerprint density at radius 2 is 1.92 bits per heavy atom. The summed E-state index contributed by atoms with van der Waals surface area (Å²) >= 11 is 0. The SMILES string of the molecule is CC#CC(C)C1CCC2C3CC=C4CC(O)CC[C@]4(C)C3CC[C@]12C. The molecule has 4 aliphatic carbocycles. The van der Waals surface area contributed by atoms with Gasteiger partial charge in [-0.1, -0.05) is 32.4 Å². The molecule has 1 nitrogen and oxygen atoms in total. The number of hydrogen-bond donors (Lipinski definition) is 1. The zero-order valence-electron chi connectivity index (χ0n) is 16.6. The van der Waals surface area contributed by atoms with Crippen molar-refractivity contribution in [3.05, 3.63) is 11.6 Å². The number of aliphatic hydroxyl groups excluding tert-OH is 1. The van der Waals surface area contributed by atoms with Crippen molar-refractivity contribution in [1.29, 1.82) is 0 Å². The maximum Gasteiger partial charge on any atom is 0.0577 e. The van der Waals surface area contributed by atoms with Gasteiger partial charge in [-0.15, -0.1) is 11.8 Å². The van der Waals surface area contributed by atoms with E-state index in [1.54, 1.807) is 5.57 Å². The zero-order chi connectivity index (χ0) is 17.8. The van der Waals surface area contributed by atoms with Crippen LogP contribution in [0.3, 0.4) is 0 Å². The van der Waals surface area contributed by atoms with Crippen molar-refractivity contribution in [1.82, 2.24) is 0 Å². The molecule has 0 aromatic rings. The fourth-order valence-corrected chi connectivity index (χ4v) is 7.83. The number of hydrogen-bond acceptors (Lipinski definition) is 1. The van der Waals surface area contributed by atoms with Crippen LogP contribution < -0.4 is 0 Å². The van der Waals surface area contributed by atoms with Gasteiger partial charge in [-0.05, 0) is 92.8 Å². The predicted molar refractivity (Wildman–Crippen MR) is 104 cm³/mol. The van der Waals surface area contributed by atoms with Crippen molar-refractivity contribution < 1.29 is 5.11 Å². The van der Waals surface area contributed by atoms with Crippen LogP contribution in [0.15, 0.2) is 11.6 Å². The topological polar surface area (TPSA) is 20.2 Å². The van der Waals surface area contributed by atoms with Crippen molar-refractivity contribution in [2.24, 2.45) is 40.4 Å². The van der Waals surface area contributed by atoms with Gasteiger partial charge in [0.15, 0.2) is 0 Å². The van der Waals surface area contributed by atoms with Crippen molar-refractivity contribution in [3.63, 3.8) is 0 Å². The minimum absolute atomic E-state index is 0.0888. The number of rotatable bonds is 1. The third kappa shape index (κ3) is 2.55. The van der Waals surface area contributed by atoms with E-state index in [1.807, 2.05) is 6.92 Å². The largest absolute Gasteiger partial charge is 0.393 e. The first-order valence-corrected chi connectivity index (χ1v) is 10.7. The van der Waals surface area contributed by atoms with E-state index in [-0.39, 0.29) is 6.10 Å². The van der Waals surface area contributed by atoms with Crippen LogP contribution in [-0.2, 0) is 0 Å². The summed E-state index contributed by atoms with van der Waals surface area (Å²) in [4.78, 5) is 0. The van der Waals surface area contributed by atoms with Crippen LogP contribution in [0.4, 0.5) is 0 Å². The lowest BCUT2D eigenvalue weighted by molar-refractivity contribution is -0.0536. The Morgan fingerprint density at radius 3 is 2.68 bits per heavy atom. The van der Waals surface area contributed by atoms with Gasteiger partial charge in [0.2, 0.25) is 0 Å². The van der Waals surface area contributed by atoms with Gasteiger partial charge in [0.1, 0.15) is 0 Å². The smallest absolute Gasteiger partial charge is 0.0577 e. The molecular weight excluding hydrogens is 304 g/mol. The fourth-order valence-electron chi connectivity index (χ4n) is 7.83. The minimum atomic E-state index is -0.0888. The second kappa shape index (κ2) is 6.16. The van der Waals surface area contributed by atoms with E-state index < -0.39 is 0 Å². The fraction of sp³-hybridized carbons (Fsp3) is 0.833. The van der Waals surface area contributed by atoms with E-state index in [2.05, 4.69) is 38.7 Å². The maximum atomic E-state index is 10.1. The Balaban J connectivity index is 1.63. The quantitative estimate of drug-likeness (QED) is 0.487. The molecule has 1 N–H and O–H groups in total. The molecule has 0 aromatic carbocycles. The Morgan fingerprint density at radius 1 is 1.12 bits per heavy atom. The van der Waals surface area contributed by atoms with Crippen LogP contribution in [0, 0.1) is 52.3 Å². The van der Waals surface area contributed by atoms with E-state index in [0.717, 1.165) is 36.5 Å². The molecule has 0 heterocycles. The summed E-state index contributed by atoms with van der Waals surface area (Å²) in [5.41, 5.74) is 2.47. The molecule has 0 saturated heterocycles. The highest BCUT2D eigenvalue weighted by Gasteiger charge is 2.59. The third-order valence-electron chi connectivity index (χ3n) is 9.13. The van der Waals surface area contributed by atoms with Gasteiger partial charge in [-0.2, -0.15) is 0 Å². The lowest BCUT2D eigenvalue weighted by atomic mass is 9.47. The molecule has 4 rings (SSSR count). The number of allylic oxidation sites excluding steroid dienone is 1. The molecule has 0 amide bonds. The van der Waals surface area contributed by atoms with Crippen LogP contribution in [0.25, 0.3) is 0 Å². The molecule has 0 aromatic heterocycles. The van der Waals surface area contributed by atoms with Crippen LogP contribution >= 0.6 is 0 Å². The highest BCUT2D eigenvalue weighted by molar-refractivity contribution is 5.25. The molecule has 0 radical (unpaired) electrons. The molecule has 0 spiro atoms. The summed E-state index contributed by atoms with van der Waals surface area (Å²) in [5.74, 6) is 10.6. The molecule has 0 aliphatic heterocycles. The summed E-state index contributed by atoms with van der Waals surface area (Å²) < 4.78 is 0. The summed E-state index contributed by atoms with van der Waals surface area (Å²) in [6, 6.07) is 0. The van der Waals surface area contributed by atoms with Crippen molar-refractivity contribution in [3.8, 4) is 11.8 Å².